The summed E-state index contributed by atoms with van der Waals surface area (Å²) in [5, 5.41) is 0. The monoisotopic (exact) mass is 184 g/mol. The van der Waals surface area contributed by atoms with Gasteiger partial charge < -0.3 is 9.80 Å². The van der Waals surface area contributed by atoms with Gasteiger partial charge in [0.2, 0.25) is 0 Å². The summed E-state index contributed by atoms with van der Waals surface area (Å²) < 4.78 is 0. The Morgan fingerprint density at radius 1 is 1.31 bits per heavy atom. The molecule has 1 aliphatic carbocycles. The van der Waals surface area contributed by atoms with Crippen LogP contribution in [0.15, 0.2) is 0 Å². The van der Waals surface area contributed by atoms with Crippen LogP contribution in [-0.4, -0.2) is 55.9 Å². The molecular formula is C10H20N2O. The molecular weight excluding hydrogens is 164 g/mol. The highest BCUT2D eigenvalue weighted by Gasteiger charge is 2.24. The van der Waals surface area contributed by atoms with Gasteiger partial charge in [-0.3, -0.25) is 4.79 Å². The van der Waals surface area contributed by atoms with E-state index < -0.39 is 0 Å². The van der Waals surface area contributed by atoms with Gasteiger partial charge in [0.1, 0.15) is 5.78 Å². The van der Waals surface area contributed by atoms with Gasteiger partial charge in [0.05, 0.1) is 0 Å². The fraction of sp³-hybridized carbons (Fsp3) is 0.900. The van der Waals surface area contributed by atoms with Crippen LogP contribution in [0, 0.1) is 0 Å². The van der Waals surface area contributed by atoms with Gasteiger partial charge in [-0.1, -0.05) is 0 Å². The number of likely N-dealkylation sites (N-methyl/N-ethyl adjacent to an activating group) is 2. The first kappa shape index (κ1) is 10.7. The van der Waals surface area contributed by atoms with Crippen molar-refractivity contribution in [3.8, 4) is 0 Å². The maximum atomic E-state index is 11.1. The van der Waals surface area contributed by atoms with Crippen molar-refractivity contribution in [1.29, 1.82) is 0 Å². The van der Waals surface area contributed by atoms with Crippen LogP contribution in [0.2, 0.25) is 0 Å². The minimum atomic E-state index is 0.432. The minimum absolute atomic E-state index is 0.432. The SMILES string of the molecule is CN(C)CCN(C)C1CCC(=O)C1. The molecule has 0 aliphatic heterocycles. The predicted octanol–water partition coefficient (Wildman–Crippen LogP) is 0.601. The van der Waals surface area contributed by atoms with E-state index in [0.717, 1.165) is 32.4 Å². The maximum Gasteiger partial charge on any atom is 0.134 e. The quantitative estimate of drug-likeness (QED) is 0.639. The predicted molar refractivity (Wildman–Crippen MR) is 53.8 cm³/mol. The van der Waals surface area contributed by atoms with Crippen molar-refractivity contribution in [3.05, 3.63) is 0 Å². The molecule has 0 radical (unpaired) electrons. The number of ketones is 1. The van der Waals surface area contributed by atoms with E-state index in [9.17, 15) is 4.79 Å². The number of nitrogens with zero attached hydrogens (tertiary/aromatic N) is 2. The van der Waals surface area contributed by atoms with Gasteiger partial charge in [0.15, 0.2) is 0 Å². The molecule has 0 N–H and O–H groups in total. The Labute approximate surface area is 80.7 Å². The van der Waals surface area contributed by atoms with Gasteiger partial charge in [-0.05, 0) is 27.6 Å². The average Bonchev–Trinajstić information content (AvgIpc) is 2.47. The number of hydrogen-bond donors (Lipinski definition) is 0. The Kier molecular flexibility index (Phi) is 3.88. The zero-order valence-electron chi connectivity index (χ0n) is 8.92. The van der Waals surface area contributed by atoms with Gasteiger partial charge in [0, 0.05) is 32.0 Å². The minimum Gasteiger partial charge on any atom is -0.308 e. The molecule has 0 heterocycles. The summed E-state index contributed by atoms with van der Waals surface area (Å²) in [7, 11) is 6.27. The highest BCUT2D eigenvalue weighted by Crippen LogP contribution is 2.19. The van der Waals surface area contributed by atoms with Crippen LogP contribution in [0.1, 0.15) is 19.3 Å². The van der Waals surface area contributed by atoms with E-state index in [4.69, 9.17) is 0 Å². The summed E-state index contributed by atoms with van der Waals surface area (Å²) in [6.45, 7) is 2.13. The third-order valence-electron chi connectivity index (χ3n) is 2.74. The van der Waals surface area contributed by atoms with Crippen LogP contribution in [0.25, 0.3) is 0 Å². The van der Waals surface area contributed by atoms with E-state index in [0.29, 0.717) is 11.8 Å². The molecule has 3 nitrogen and oxygen atoms in total. The molecule has 1 unspecified atom stereocenters. The van der Waals surface area contributed by atoms with E-state index in [2.05, 4.69) is 30.9 Å². The third kappa shape index (κ3) is 3.44. The normalized spacial score (nSPS) is 23.5. The summed E-state index contributed by atoms with van der Waals surface area (Å²) >= 11 is 0. The summed E-state index contributed by atoms with van der Waals surface area (Å²) in [4.78, 5) is 15.5. The van der Waals surface area contributed by atoms with Crippen molar-refractivity contribution in [2.45, 2.75) is 25.3 Å². The molecule has 0 spiro atoms. The Morgan fingerprint density at radius 3 is 2.46 bits per heavy atom. The molecule has 1 aliphatic rings. The van der Waals surface area contributed by atoms with Crippen molar-refractivity contribution >= 4 is 5.78 Å². The summed E-state index contributed by atoms with van der Waals surface area (Å²) in [5.74, 6) is 0.432. The van der Waals surface area contributed by atoms with Crippen molar-refractivity contribution in [2.75, 3.05) is 34.2 Å². The van der Waals surface area contributed by atoms with E-state index in [1.54, 1.807) is 0 Å². The van der Waals surface area contributed by atoms with Gasteiger partial charge in [0.25, 0.3) is 0 Å². The molecule has 13 heavy (non-hydrogen) atoms. The van der Waals surface area contributed by atoms with Crippen LogP contribution < -0.4 is 0 Å². The lowest BCUT2D eigenvalue weighted by Gasteiger charge is -2.24. The lowest BCUT2D eigenvalue weighted by Crippen LogP contribution is -2.35. The number of rotatable bonds is 4. The van der Waals surface area contributed by atoms with Crippen molar-refractivity contribution in [3.63, 3.8) is 0 Å². The van der Waals surface area contributed by atoms with E-state index in [-0.39, 0.29) is 0 Å². The first-order valence-corrected chi connectivity index (χ1v) is 4.96. The lowest BCUT2D eigenvalue weighted by molar-refractivity contribution is -0.117. The molecule has 0 aromatic rings. The first-order chi connectivity index (χ1) is 6.09. The van der Waals surface area contributed by atoms with Crippen LogP contribution >= 0.6 is 0 Å². The highest BCUT2D eigenvalue weighted by molar-refractivity contribution is 5.81. The number of Topliss-reactive ketones (excluding diaryl/α,β-unsaturated/α-hetero) is 1. The van der Waals surface area contributed by atoms with Crippen LogP contribution in [0.5, 0.6) is 0 Å². The fourth-order valence-corrected chi connectivity index (χ4v) is 1.71. The van der Waals surface area contributed by atoms with Crippen LogP contribution in [-0.2, 0) is 4.79 Å². The number of carbonyl (C=O) groups is 1. The van der Waals surface area contributed by atoms with Crippen LogP contribution in [0.4, 0.5) is 0 Å². The van der Waals surface area contributed by atoms with Crippen molar-refractivity contribution in [2.24, 2.45) is 0 Å². The zero-order chi connectivity index (χ0) is 9.84. The van der Waals surface area contributed by atoms with Gasteiger partial charge in [-0.2, -0.15) is 0 Å². The number of hydrogen-bond acceptors (Lipinski definition) is 3. The van der Waals surface area contributed by atoms with Crippen molar-refractivity contribution in [1.82, 2.24) is 9.80 Å². The van der Waals surface area contributed by atoms with E-state index >= 15 is 0 Å². The van der Waals surface area contributed by atoms with E-state index in [1.165, 1.54) is 0 Å². The molecule has 1 atom stereocenters. The second-order valence-electron chi connectivity index (χ2n) is 4.22. The second kappa shape index (κ2) is 4.72. The standard InChI is InChI=1S/C10H20N2O/c1-11(2)6-7-12(3)9-4-5-10(13)8-9/h9H,4-8H2,1-3H3. The largest absolute Gasteiger partial charge is 0.308 e. The Balaban J connectivity index is 2.23. The van der Waals surface area contributed by atoms with Gasteiger partial charge in [-0.15, -0.1) is 0 Å². The Morgan fingerprint density at radius 2 is 2.00 bits per heavy atom. The maximum absolute atomic E-state index is 11.1. The molecule has 3 heteroatoms. The smallest absolute Gasteiger partial charge is 0.134 e. The molecule has 0 aromatic carbocycles. The lowest BCUT2D eigenvalue weighted by atomic mass is 10.2. The Bertz CT molecular complexity index is 180. The fourth-order valence-electron chi connectivity index (χ4n) is 1.71. The first-order valence-electron chi connectivity index (χ1n) is 4.96. The number of carbonyl (C=O) groups excluding carboxylic acids is 1. The van der Waals surface area contributed by atoms with Gasteiger partial charge >= 0.3 is 0 Å². The average molecular weight is 184 g/mol. The molecule has 0 bridgehead atoms. The molecule has 1 fully saturated rings. The van der Waals surface area contributed by atoms with E-state index in [1.807, 2.05) is 0 Å². The molecule has 1 saturated carbocycles. The highest BCUT2D eigenvalue weighted by atomic mass is 16.1. The van der Waals surface area contributed by atoms with Crippen LogP contribution in [0.3, 0.4) is 0 Å². The third-order valence-corrected chi connectivity index (χ3v) is 2.74. The molecule has 0 amide bonds. The Hall–Kier alpha value is -0.410. The summed E-state index contributed by atoms with van der Waals surface area (Å²) in [5.41, 5.74) is 0. The summed E-state index contributed by atoms with van der Waals surface area (Å²) in [6.07, 6.45) is 2.61. The summed E-state index contributed by atoms with van der Waals surface area (Å²) in [6, 6.07) is 0.507. The van der Waals surface area contributed by atoms with Crippen molar-refractivity contribution < 1.29 is 4.79 Å². The zero-order valence-corrected chi connectivity index (χ0v) is 8.92. The molecule has 76 valence electrons. The molecule has 0 aromatic heterocycles. The topological polar surface area (TPSA) is 23.6 Å². The molecule has 1 rings (SSSR count). The second-order valence-corrected chi connectivity index (χ2v) is 4.22. The van der Waals surface area contributed by atoms with Gasteiger partial charge in [-0.25, -0.2) is 0 Å². The molecule has 0 saturated heterocycles.